The van der Waals surface area contributed by atoms with E-state index in [4.69, 9.17) is 0 Å². The molecule has 1 fully saturated rings. The molecule has 0 radical (unpaired) electrons. The molecule has 1 aromatic rings. The minimum Gasteiger partial charge on any atom is -0.356 e. The summed E-state index contributed by atoms with van der Waals surface area (Å²) >= 11 is 2.43. The number of hydrogen-bond donors (Lipinski definition) is 1. The van der Waals surface area contributed by atoms with Crippen molar-refractivity contribution in [1.29, 1.82) is 0 Å². The summed E-state index contributed by atoms with van der Waals surface area (Å²) in [5.41, 5.74) is 2.91. The van der Waals surface area contributed by atoms with Crippen LogP contribution in [0.15, 0.2) is 24.3 Å². The number of carbonyl (C=O) groups is 1. The topological polar surface area (TPSA) is 29.1 Å². The first-order valence-electron chi connectivity index (χ1n) is 8.24. The minimum absolute atomic E-state index is 0.253. The van der Waals surface area contributed by atoms with Gasteiger partial charge in [0.05, 0.1) is 0 Å². The number of amides is 1. The number of carbonyl (C=O) groups excluding carboxylic acids is 1. The molecule has 2 aliphatic rings. The minimum atomic E-state index is 0.253. The van der Waals surface area contributed by atoms with Crippen LogP contribution in [0, 0.1) is 11.8 Å². The summed E-state index contributed by atoms with van der Waals surface area (Å²) < 4.78 is 1.25. The number of aryl methyl sites for hydroxylation is 1. The van der Waals surface area contributed by atoms with Crippen LogP contribution in [-0.4, -0.2) is 16.9 Å². The van der Waals surface area contributed by atoms with Crippen LogP contribution in [0.2, 0.25) is 0 Å². The van der Waals surface area contributed by atoms with Gasteiger partial charge in [-0.05, 0) is 53.1 Å². The second kappa shape index (κ2) is 7.12. The Morgan fingerprint density at radius 2 is 2.00 bits per heavy atom. The number of benzene rings is 1. The fourth-order valence-electron chi connectivity index (χ4n) is 3.83. The molecule has 2 aliphatic carbocycles. The van der Waals surface area contributed by atoms with Gasteiger partial charge in [-0.3, -0.25) is 4.79 Å². The lowest BCUT2D eigenvalue weighted by Gasteiger charge is -2.13. The predicted molar refractivity (Wildman–Crippen MR) is 94.8 cm³/mol. The molecule has 3 atom stereocenters. The first-order chi connectivity index (χ1) is 10.3. The van der Waals surface area contributed by atoms with Gasteiger partial charge in [0, 0.05) is 12.5 Å². The predicted octanol–water partition coefficient (Wildman–Crippen LogP) is 4.07. The SMILES string of the molecule is O=C(NCCCCCCI)C1C2CCc3ccccc3C21. The van der Waals surface area contributed by atoms with E-state index in [-0.39, 0.29) is 5.92 Å². The van der Waals surface area contributed by atoms with Gasteiger partial charge in [0.2, 0.25) is 5.91 Å². The van der Waals surface area contributed by atoms with Crippen LogP contribution in [0.25, 0.3) is 0 Å². The first kappa shape index (κ1) is 15.3. The first-order valence-corrected chi connectivity index (χ1v) is 9.77. The largest absolute Gasteiger partial charge is 0.356 e. The molecule has 2 nitrogen and oxygen atoms in total. The lowest BCUT2D eigenvalue weighted by Crippen LogP contribution is -2.26. The standard InChI is InChI=1S/C18H24INO/c19-11-5-1-2-6-12-20-18(21)17-15-10-9-13-7-3-4-8-14(13)16(15)17/h3-4,7-8,15-17H,1-2,5-6,9-12H2,(H,20,21). The number of rotatable bonds is 7. The van der Waals surface area contributed by atoms with Crippen molar-refractivity contribution in [1.82, 2.24) is 5.32 Å². The molecule has 3 rings (SSSR count). The monoisotopic (exact) mass is 397 g/mol. The molecule has 1 amide bonds. The summed E-state index contributed by atoms with van der Waals surface area (Å²) in [5.74, 6) is 1.67. The van der Waals surface area contributed by atoms with Crippen LogP contribution in [0.4, 0.5) is 0 Å². The van der Waals surface area contributed by atoms with Gasteiger partial charge in [0.15, 0.2) is 0 Å². The molecule has 114 valence electrons. The van der Waals surface area contributed by atoms with Crippen molar-refractivity contribution >= 4 is 28.5 Å². The Labute approximate surface area is 141 Å². The summed E-state index contributed by atoms with van der Waals surface area (Å²) in [4.78, 5) is 12.4. The fourth-order valence-corrected chi connectivity index (χ4v) is 4.37. The number of fused-ring (bicyclic) bond motifs is 3. The van der Waals surface area contributed by atoms with E-state index in [9.17, 15) is 4.79 Å². The molecule has 0 aliphatic heterocycles. The summed E-state index contributed by atoms with van der Waals surface area (Å²) in [5, 5.41) is 3.17. The van der Waals surface area contributed by atoms with Gasteiger partial charge in [-0.25, -0.2) is 0 Å². The van der Waals surface area contributed by atoms with E-state index in [0.29, 0.717) is 17.7 Å². The molecule has 0 bridgehead atoms. The molecular formula is C18H24INO. The highest BCUT2D eigenvalue weighted by atomic mass is 127. The normalized spacial score (nSPS) is 25.9. The van der Waals surface area contributed by atoms with E-state index in [1.807, 2.05) is 0 Å². The van der Waals surface area contributed by atoms with Crippen LogP contribution < -0.4 is 5.32 Å². The molecule has 1 aromatic carbocycles. The second-order valence-electron chi connectivity index (χ2n) is 6.35. The molecule has 0 heterocycles. The van der Waals surface area contributed by atoms with Gasteiger partial charge in [-0.1, -0.05) is 59.7 Å². The molecule has 0 spiro atoms. The van der Waals surface area contributed by atoms with E-state index < -0.39 is 0 Å². The Kier molecular flexibility index (Phi) is 5.19. The van der Waals surface area contributed by atoms with E-state index in [1.54, 1.807) is 0 Å². The van der Waals surface area contributed by atoms with Crippen molar-refractivity contribution in [3.05, 3.63) is 35.4 Å². The quantitative estimate of drug-likeness (QED) is 0.420. The third-order valence-corrected chi connectivity index (χ3v) is 5.75. The van der Waals surface area contributed by atoms with E-state index >= 15 is 0 Å². The average Bonchev–Trinajstić information content (AvgIpc) is 3.25. The second-order valence-corrected chi connectivity index (χ2v) is 7.43. The number of halogens is 1. The van der Waals surface area contributed by atoms with Crippen LogP contribution in [0.3, 0.4) is 0 Å². The van der Waals surface area contributed by atoms with Crippen LogP contribution >= 0.6 is 22.6 Å². The van der Waals surface area contributed by atoms with Gasteiger partial charge in [-0.15, -0.1) is 0 Å². The molecule has 0 aromatic heterocycles. The molecule has 1 saturated carbocycles. The average molecular weight is 397 g/mol. The summed E-state index contributed by atoms with van der Waals surface area (Å²) in [6, 6.07) is 8.68. The van der Waals surface area contributed by atoms with Crippen molar-refractivity contribution in [3.8, 4) is 0 Å². The fraction of sp³-hybridized carbons (Fsp3) is 0.611. The smallest absolute Gasteiger partial charge is 0.224 e. The Bertz CT molecular complexity index is 502. The third-order valence-electron chi connectivity index (χ3n) is 4.99. The lowest BCUT2D eigenvalue weighted by molar-refractivity contribution is -0.122. The highest BCUT2D eigenvalue weighted by Crippen LogP contribution is 2.59. The zero-order chi connectivity index (χ0) is 14.7. The van der Waals surface area contributed by atoms with Crippen molar-refractivity contribution in [2.24, 2.45) is 11.8 Å². The summed E-state index contributed by atoms with van der Waals surface area (Å²) in [6.07, 6.45) is 7.30. The third kappa shape index (κ3) is 3.43. The molecular weight excluding hydrogens is 373 g/mol. The van der Waals surface area contributed by atoms with E-state index in [2.05, 4.69) is 52.2 Å². The highest BCUT2D eigenvalue weighted by molar-refractivity contribution is 14.1. The van der Waals surface area contributed by atoms with Crippen LogP contribution in [-0.2, 0) is 11.2 Å². The van der Waals surface area contributed by atoms with E-state index in [0.717, 1.165) is 19.4 Å². The maximum atomic E-state index is 12.4. The molecule has 3 unspecified atom stereocenters. The zero-order valence-corrected chi connectivity index (χ0v) is 14.6. The van der Waals surface area contributed by atoms with Crippen molar-refractivity contribution in [3.63, 3.8) is 0 Å². The number of hydrogen-bond acceptors (Lipinski definition) is 1. The molecule has 1 N–H and O–H groups in total. The Morgan fingerprint density at radius 3 is 2.86 bits per heavy atom. The number of nitrogens with one attached hydrogen (secondary N) is 1. The Hall–Kier alpha value is -0.580. The Balaban J connectivity index is 1.46. The van der Waals surface area contributed by atoms with Gasteiger partial charge < -0.3 is 5.32 Å². The molecule has 3 heteroatoms. The summed E-state index contributed by atoms with van der Waals surface area (Å²) in [6.45, 7) is 0.859. The highest BCUT2D eigenvalue weighted by Gasteiger charge is 2.56. The van der Waals surface area contributed by atoms with Crippen LogP contribution in [0.5, 0.6) is 0 Å². The summed E-state index contributed by atoms with van der Waals surface area (Å²) in [7, 11) is 0. The van der Waals surface area contributed by atoms with Gasteiger partial charge in [0.25, 0.3) is 0 Å². The van der Waals surface area contributed by atoms with E-state index in [1.165, 1.54) is 41.2 Å². The molecule has 21 heavy (non-hydrogen) atoms. The zero-order valence-electron chi connectivity index (χ0n) is 12.5. The molecule has 0 saturated heterocycles. The van der Waals surface area contributed by atoms with Gasteiger partial charge in [0.1, 0.15) is 0 Å². The lowest BCUT2D eigenvalue weighted by atomic mass is 9.92. The van der Waals surface area contributed by atoms with Crippen molar-refractivity contribution in [2.45, 2.75) is 44.4 Å². The Morgan fingerprint density at radius 1 is 1.19 bits per heavy atom. The maximum absolute atomic E-state index is 12.4. The maximum Gasteiger partial charge on any atom is 0.224 e. The number of alkyl halides is 1. The number of unbranched alkanes of at least 4 members (excludes halogenated alkanes) is 3. The van der Waals surface area contributed by atoms with Crippen molar-refractivity contribution < 1.29 is 4.79 Å². The van der Waals surface area contributed by atoms with Gasteiger partial charge in [-0.2, -0.15) is 0 Å². The van der Waals surface area contributed by atoms with Crippen molar-refractivity contribution in [2.75, 3.05) is 11.0 Å². The van der Waals surface area contributed by atoms with Gasteiger partial charge >= 0.3 is 0 Å². The van der Waals surface area contributed by atoms with Crippen LogP contribution in [0.1, 0.15) is 49.1 Å².